The molecule has 0 spiro atoms. The first-order valence-electron chi connectivity index (χ1n) is 6.04. The average molecular weight is 244 g/mol. The summed E-state index contributed by atoms with van der Waals surface area (Å²) in [7, 11) is 0.481. The third-order valence-corrected chi connectivity index (χ3v) is 5.24. The molecule has 1 atom stereocenters. The summed E-state index contributed by atoms with van der Waals surface area (Å²) >= 11 is 0. The number of methoxy groups -OCH3 is 1. The molecule has 0 heterocycles. The summed E-state index contributed by atoms with van der Waals surface area (Å²) in [4.78, 5) is 0. The van der Waals surface area contributed by atoms with Gasteiger partial charge in [-0.3, -0.25) is 0 Å². The minimum absolute atomic E-state index is 0.270. The lowest BCUT2D eigenvalue weighted by Gasteiger charge is -2.28. The number of fused-ring (bicyclic) bond motifs is 1. The molecule has 1 unspecified atom stereocenters. The van der Waals surface area contributed by atoms with Gasteiger partial charge < -0.3 is 4.74 Å². The average Bonchev–Trinajstić information content (AvgIpc) is 2.28. The van der Waals surface area contributed by atoms with E-state index in [0.29, 0.717) is 0 Å². The lowest BCUT2D eigenvalue weighted by atomic mass is 10.1. The molecule has 0 aliphatic carbocycles. The van der Waals surface area contributed by atoms with E-state index in [1.54, 1.807) is 0 Å². The Morgan fingerprint density at radius 2 is 1.59 bits per heavy atom. The predicted molar refractivity (Wildman–Crippen MR) is 77.0 cm³/mol. The lowest BCUT2D eigenvalue weighted by Crippen LogP contribution is -2.32. The minimum atomic E-state index is -1.34. The number of ether oxygens (including phenoxy) is 1. The third kappa shape index (κ3) is 2.59. The molecule has 0 amide bonds. The zero-order chi connectivity index (χ0) is 12.5. The largest absolute Gasteiger partial charge is 0.380 e. The van der Waals surface area contributed by atoms with Gasteiger partial charge in [-0.25, -0.2) is 0 Å². The molecule has 0 radical (unpaired) electrons. The van der Waals surface area contributed by atoms with Crippen LogP contribution in [0.15, 0.2) is 42.5 Å². The molecule has 17 heavy (non-hydrogen) atoms. The maximum atomic E-state index is 5.71. The predicted octanol–water partition coefficient (Wildman–Crippen LogP) is 4.40. The highest BCUT2D eigenvalue weighted by Crippen LogP contribution is 2.29. The van der Waals surface area contributed by atoms with Gasteiger partial charge in [-0.05, 0) is 22.4 Å². The normalized spacial score (nSPS) is 13.9. The summed E-state index contributed by atoms with van der Waals surface area (Å²) in [5, 5.41) is 2.59. The van der Waals surface area contributed by atoms with Crippen molar-refractivity contribution in [1.82, 2.24) is 0 Å². The summed E-state index contributed by atoms with van der Waals surface area (Å²) in [6.45, 7) is 7.03. The maximum absolute atomic E-state index is 5.71. The highest BCUT2D eigenvalue weighted by atomic mass is 28.3. The van der Waals surface area contributed by atoms with E-state index in [1.165, 1.54) is 16.3 Å². The van der Waals surface area contributed by atoms with E-state index in [2.05, 4.69) is 62.1 Å². The Bertz CT molecular complexity index is 514. The molecule has 0 fully saturated rings. The molecule has 2 aromatic rings. The Morgan fingerprint density at radius 1 is 0.941 bits per heavy atom. The molecular formula is C15H20OSi. The highest BCUT2D eigenvalue weighted by molar-refractivity contribution is 6.77. The molecule has 2 heteroatoms. The van der Waals surface area contributed by atoms with Crippen LogP contribution in [0.5, 0.6) is 0 Å². The molecule has 0 aromatic heterocycles. The Morgan fingerprint density at radius 3 is 2.18 bits per heavy atom. The highest BCUT2D eigenvalue weighted by Gasteiger charge is 2.28. The van der Waals surface area contributed by atoms with Crippen molar-refractivity contribution in [2.45, 2.75) is 25.4 Å². The van der Waals surface area contributed by atoms with Gasteiger partial charge in [0.25, 0.3) is 0 Å². The van der Waals surface area contributed by atoms with Gasteiger partial charge in [0.2, 0.25) is 0 Å². The van der Waals surface area contributed by atoms with Crippen molar-refractivity contribution in [2.24, 2.45) is 0 Å². The van der Waals surface area contributed by atoms with Crippen LogP contribution in [0, 0.1) is 0 Å². The Labute approximate surface area is 104 Å². The van der Waals surface area contributed by atoms with E-state index in [0.717, 1.165) is 0 Å². The summed E-state index contributed by atoms with van der Waals surface area (Å²) < 4.78 is 5.71. The molecule has 0 aliphatic heterocycles. The van der Waals surface area contributed by atoms with Crippen LogP contribution in [0.3, 0.4) is 0 Å². The van der Waals surface area contributed by atoms with Gasteiger partial charge in [-0.2, -0.15) is 0 Å². The molecular weight excluding hydrogens is 224 g/mol. The Kier molecular flexibility index (Phi) is 3.36. The van der Waals surface area contributed by atoms with E-state index in [-0.39, 0.29) is 5.73 Å². The minimum Gasteiger partial charge on any atom is -0.380 e. The van der Waals surface area contributed by atoms with E-state index in [1.807, 2.05) is 7.11 Å². The molecule has 0 bridgehead atoms. The molecule has 2 rings (SSSR count). The van der Waals surface area contributed by atoms with Crippen LogP contribution < -0.4 is 0 Å². The fraction of sp³-hybridized carbons (Fsp3) is 0.333. The fourth-order valence-electron chi connectivity index (χ4n) is 2.36. The smallest absolute Gasteiger partial charge is 0.0842 e. The number of hydrogen-bond donors (Lipinski definition) is 0. The summed E-state index contributed by atoms with van der Waals surface area (Å²) in [6, 6.07) is 15.1. The van der Waals surface area contributed by atoms with Crippen molar-refractivity contribution < 1.29 is 4.74 Å². The molecule has 0 saturated heterocycles. The quantitative estimate of drug-likeness (QED) is 0.727. The van der Waals surface area contributed by atoms with Crippen molar-refractivity contribution >= 4 is 18.8 Å². The van der Waals surface area contributed by atoms with Gasteiger partial charge in [0.1, 0.15) is 0 Å². The second-order valence-corrected chi connectivity index (χ2v) is 10.8. The van der Waals surface area contributed by atoms with Gasteiger partial charge in [0, 0.05) is 7.11 Å². The van der Waals surface area contributed by atoms with Gasteiger partial charge in [-0.1, -0.05) is 56.0 Å². The van der Waals surface area contributed by atoms with Crippen LogP contribution in [0.25, 0.3) is 10.8 Å². The summed E-state index contributed by atoms with van der Waals surface area (Å²) in [5.74, 6) is 0. The molecule has 0 N–H and O–H groups in total. The Balaban J connectivity index is 2.48. The van der Waals surface area contributed by atoms with Crippen LogP contribution in [0.1, 0.15) is 11.3 Å². The second-order valence-electron chi connectivity index (χ2n) is 5.59. The van der Waals surface area contributed by atoms with Crippen molar-refractivity contribution in [2.75, 3.05) is 7.11 Å². The Hall–Kier alpha value is -1.12. The van der Waals surface area contributed by atoms with E-state index < -0.39 is 8.07 Å². The van der Waals surface area contributed by atoms with Crippen LogP contribution in [0.4, 0.5) is 0 Å². The first kappa shape index (κ1) is 12.3. The van der Waals surface area contributed by atoms with Gasteiger partial charge in [0.05, 0.1) is 13.8 Å². The number of benzene rings is 2. The van der Waals surface area contributed by atoms with Gasteiger partial charge in [-0.15, -0.1) is 0 Å². The standard InChI is InChI=1S/C15H20OSi/c1-16-15(17(2,3)4)14-10-9-12-7-5-6-8-13(12)11-14/h5-11,15H,1-4H3. The first-order chi connectivity index (χ1) is 8.02. The first-order valence-corrected chi connectivity index (χ1v) is 9.61. The molecule has 0 saturated carbocycles. The van der Waals surface area contributed by atoms with Crippen LogP contribution in [-0.2, 0) is 4.74 Å². The van der Waals surface area contributed by atoms with E-state index >= 15 is 0 Å². The molecule has 2 aromatic carbocycles. The zero-order valence-corrected chi connectivity index (χ0v) is 12.0. The zero-order valence-electron chi connectivity index (χ0n) is 11.0. The topological polar surface area (TPSA) is 9.23 Å². The lowest BCUT2D eigenvalue weighted by molar-refractivity contribution is 0.160. The maximum Gasteiger partial charge on any atom is 0.0842 e. The van der Waals surface area contributed by atoms with Gasteiger partial charge >= 0.3 is 0 Å². The van der Waals surface area contributed by atoms with Crippen LogP contribution >= 0.6 is 0 Å². The van der Waals surface area contributed by atoms with Crippen LogP contribution in [0.2, 0.25) is 19.6 Å². The van der Waals surface area contributed by atoms with Crippen LogP contribution in [-0.4, -0.2) is 15.2 Å². The fourth-order valence-corrected chi connectivity index (χ4v) is 4.25. The van der Waals surface area contributed by atoms with Gasteiger partial charge in [0.15, 0.2) is 0 Å². The number of hydrogen-bond acceptors (Lipinski definition) is 1. The van der Waals surface area contributed by atoms with Crippen molar-refractivity contribution in [3.8, 4) is 0 Å². The van der Waals surface area contributed by atoms with Crippen molar-refractivity contribution in [3.63, 3.8) is 0 Å². The summed E-state index contributed by atoms with van der Waals surface area (Å²) in [5.41, 5.74) is 1.58. The van der Waals surface area contributed by atoms with Crippen molar-refractivity contribution in [1.29, 1.82) is 0 Å². The monoisotopic (exact) mass is 244 g/mol. The SMILES string of the molecule is COC(c1ccc2ccccc2c1)[Si](C)(C)C. The summed E-state index contributed by atoms with van der Waals surface area (Å²) in [6.07, 6.45) is 0. The molecule has 1 nitrogen and oxygen atoms in total. The number of rotatable bonds is 3. The third-order valence-electron chi connectivity index (χ3n) is 3.10. The van der Waals surface area contributed by atoms with Crippen molar-refractivity contribution in [3.05, 3.63) is 48.0 Å². The van der Waals surface area contributed by atoms with E-state index in [4.69, 9.17) is 4.74 Å². The molecule has 90 valence electrons. The molecule has 0 aliphatic rings. The second kappa shape index (κ2) is 4.63. The van der Waals surface area contributed by atoms with E-state index in [9.17, 15) is 0 Å².